The Labute approximate surface area is 207 Å². The highest BCUT2D eigenvalue weighted by molar-refractivity contribution is 14.0. The van der Waals surface area contributed by atoms with E-state index in [0.29, 0.717) is 12.4 Å². The number of carbonyl (C=O) groups excluding carboxylic acids is 1. The lowest BCUT2D eigenvalue weighted by Gasteiger charge is -2.31. The molecule has 8 nitrogen and oxygen atoms in total. The Hall–Kier alpha value is -2.14. The number of hydrogen-bond acceptors (Lipinski definition) is 5. The van der Waals surface area contributed by atoms with E-state index in [1.54, 1.807) is 6.26 Å². The number of primary amides is 1. The van der Waals surface area contributed by atoms with Crippen LogP contribution in [0.3, 0.4) is 0 Å². The molecule has 1 atom stereocenters. The Kier molecular flexibility index (Phi) is 10.9. The van der Waals surface area contributed by atoms with Gasteiger partial charge < -0.3 is 25.7 Å². The van der Waals surface area contributed by atoms with Crippen molar-refractivity contribution in [2.75, 3.05) is 32.7 Å². The number of aliphatic imine (C=N–C) groups is 1. The van der Waals surface area contributed by atoms with Gasteiger partial charge in [0.15, 0.2) is 5.96 Å². The van der Waals surface area contributed by atoms with Crippen LogP contribution in [0.15, 0.2) is 39.9 Å². The van der Waals surface area contributed by atoms with Gasteiger partial charge in [-0.25, -0.2) is 9.98 Å². The van der Waals surface area contributed by atoms with Gasteiger partial charge >= 0.3 is 0 Å². The number of nitrogens with one attached hydrogen (secondary N) is 2. The zero-order valence-electron chi connectivity index (χ0n) is 19.0. The molecule has 1 unspecified atom stereocenters. The van der Waals surface area contributed by atoms with Crippen LogP contribution >= 0.6 is 24.0 Å². The summed E-state index contributed by atoms with van der Waals surface area (Å²) in [5.74, 6) is 1.19. The summed E-state index contributed by atoms with van der Waals surface area (Å²) in [4.78, 5) is 22.9. The van der Waals surface area contributed by atoms with Crippen molar-refractivity contribution < 1.29 is 9.21 Å². The van der Waals surface area contributed by atoms with Crippen LogP contribution in [-0.2, 0) is 11.3 Å². The molecule has 32 heavy (non-hydrogen) atoms. The third kappa shape index (κ3) is 8.09. The molecule has 1 aromatic carbocycles. The Bertz CT molecular complexity index is 868. The predicted molar refractivity (Wildman–Crippen MR) is 138 cm³/mol. The first kappa shape index (κ1) is 26.1. The van der Waals surface area contributed by atoms with E-state index in [1.165, 1.54) is 5.56 Å². The second-order valence-corrected chi connectivity index (χ2v) is 8.03. The van der Waals surface area contributed by atoms with Gasteiger partial charge in [-0.1, -0.05) is 17.7 Å². The largest absolute Gasteiger partial charge is 0.444 e. The Morgan fingerprint density at radius 1 is 1.31 bits per heavy atom. The second kappa shape index (κ2) is 13.4. The predicted octanol–water partition coefficient (Wildman–Crippen LogP) is 2.91. The van der Waals surface area contributed by atoms with Crippen molar-refractivity contribution in [3.05, 3.63) is 41.8 Å². The molecule has 0 bridgehead atoms. The van der Waals surface area contributed by atoms with E-state index in [1.807, 2.05) is 31.2 Å². The first-order valence-corrected chi connectivity index (χ1v) is 11.1. The summed E-state index contributed by atoms with van der Waals surface area (Å²) in [6, 6.07) is 8.10. The summed E-state index contributed by atoms with van der Waals surface area (Å²) in [5.41, 5.74) is 8.42. The molecule has 0 radical (unpaired) electrons. The minimum atomic E-state index is -0.178. The maximum Gasteiger partial charge on any atom is 0.226 e. The van der Waals surface area contributed by atoms with Crippen LogP contribution in [0.2, 0.25) is 0 Å². The summed E-state index contributed by atoms with van der Waals surface area (Å²) in [5, 5.41) is 6.64. The highest BCUT2D eigenvalue weighted by Crippen LogP contribution is 2.19. The molecule has 1 aromatic heterocycles. The lowest BCUT2D eigenvalue weighted by molar-refractivity contribution is -0.123. The number of hydrogen-bond donors (Lipinski definition) is 3. The summed E-state index contributed by atoms with van der Waals surface area (Å²) >= 11 is 0. The van der Waals surface area contributed by atoms with Gasteiger partial charge in [0.2, 0.25) is 11.8 Å². The molecular weight excluding hydrogens is 519 g/mol. The minimum Gasteiger partial charge on any atom is -0.444 e. The fraction of sp³-hybridized carbons (Fsp3) is 0.522. The number of nitrogens with two attached hydrogens (primary N) is 1. The maximum atomic E-state index is 11.4. The number of aromatic nitrogens is 1. The third-order valence-corrected chi connectivity index (χ3v) is 5.45. The quantitative estimate of drug-likeness (QED) is 0.191. The molecule has 9 heteroatoms. The van der Waals surface area contributed by atoms with E-state index in [-0.39, 0.29) is 35.8 Å². The third-order valence-electron chi connectivity index (χ3n) is 5.45. The number of oxazole rings is 1. The van der Waals surface area contributed by atoms with Crippen LogP contribution in [0.1, 0.15) is 37.4 Å². The SMILES string of the molecule is CCNC(=NCc1coc(-c2ccc(C)cc2)n1)NCCCN1CCCC(C(N)=O)C1.I. The smallest absolute Gasteiger partial charge is 0.226 e. The van der Waals surface area contributed by atoms with Gasteiger partial charge in [-0.15, -0.1) is 24.0 Å². The zero-order valence-corrected chi connectivity index (χ0v) is 21.3. The van der Waals surface area contributed by atoms with Crippen molar-refractivity contribution in [1.82, 2.24) is 20.5 Å². The molecule has 4 N–H and O–H groups in total. The van der Waals surface area contributed by atoms with Gasteiger partial charge in [-0.2, -0.15) is 0 Å². The van der Waals surface area contributed by atoms with Crippen molar-refractivity contribution in [2.45, 2.75) is 39.7 Å². The van der Waals surface area contributed by atoms with Crippen molar-refractivity contribution in [3.8, 4) is 11.5 Å². The van der Waals surface area contributed by atoms with E-state index >= 15 is 0 Å². The van der Waals surface area contributed by atoms with E-state index in [2.05, 4.69) is 32.4 Å². The molecule has 0 spiro atoms. The Morgan fingerprint density at radius 2 is 2.09 bits per heavy atom. The number of halogens is 1. The Balaban J connectivity index is 0.00000363. The molecule has 1 amide bonds. The number of benzene rings is 1. The standard InChI is InChI=1S/C23H34N6O2.HI/c1-3-25-23(26-11-5-13-29-12-4-6-19(15-29)21(24)30)27-14-20-16-31-22(28-20)18-9-7-17(2)8-10-18;/h7-10,16,19H,3-6,11-15H2,1-2H3,(H2,24,30)(H2,25,26,27);1H. The highest BCUT2D eigenvalue weighted by Gasteiger charge is 2.23. The van der Waals surface area contributed by atoms with Crippen LogP contribution < -0.4 is 16.4 Å². The minimum absolute atomic E-state index is 0. The monoisotopic (exact) mass is 554 g/mol. The fourth-order valence-electron chi connectivity index (χ4n) is 3.71. The summed E-state index contributed by atoms with van der Waals surface area (Å²) < 4.78 is 5.61. The molecule has 1 aliphatic rings. The van der Waals surface area contributed by atoms with Crippen LogP contribution in [0, 0.1) is 12.8 Å². The number of aryl methyl sites for hydroxylation is 1. The van der Waals surface area contributed by atoms with Gasteiger partial charge in [0, 0.05) is 25.2 Å². The molecule has 176 valence electrons. The number of likely N-dealkylation sites (tertiary alicyclic amines) is 1. The first-order chi connectivity index (χ1) is 15.0. The highest BCUT2D eigenvalue weighted by atomic mass is 127. The van der Waals surface area contributed by atoms with E-state index < -0.39 is 0 Å². The van der Waals surface area contributed by atoms with Gasteiger partial charge in [0.1, 0.15) is 12.0 Å². The normalized spacial score (nSPS) is 16.9. The number of guanidine groups is 1. The molecule has 0 aliphatic carbocycles. The topological polar surface area (TPSA) is 109 Å². The van der Waals surface area contributed by atoms with Gasteiger partial charge in [0.25, 0.3) is 0 Å². The molecule has 3 rings (SSSR count). The van der Waals surface area contributed by atoms with E-state index in [4.69, 9.17) is 10.2 Å². The van der Waals surface area contributed by atoms with E-state index in [0.717, 1.165) is 69.2 Å². The van der Waals surface area contributed by atoms with Gasteiger partial charge in [-0.05, 0) is 58.3 Å². The van der Waals surface area contributed by atoms with Crippen molar-refractivity contribution >= 4 is 35.8 Å². The zero-order chi connectivity index (χ0) is 22.1. The molecule has 1 aliphatic heterocycles. The Morgan fingerprint density at radius 3 is 2.81 bits per heavy atom. The van der Waals surface area contributed by atoms with E-state index in [9.17, 15) is 4.79 Å². The molecule has 1 saturated heterocycles. The molecular formula is C23H35IN6O2. The van der Waals surface area contributed by atoms with Crippen LogP contribution in [0.5, 0.6) is 0 Å². The summed E-state index contributed by atoms with van der Waals surface area (Å²) in [7, 11) is 0. The lowest BCUT2D eigenvalue weighted by Crippen LogP contribution is -2.43. The maximum absolute atomic E-state index is 11.4. The van der Waals surface area contributed by atoms with Gasteiger partial charge in [-0.3, -0.25) is 4.79 Å². The summed E-state index contributed by atoms with van der Waals surface area (Å²) in [6.07, 6.45) is 4.58. The summed E-state index contributed by atoms with van der Waals surface area (Å²) in [6.45, 7) is 8.88. The van der Waals surface area contributed by atoms with Crippen LogP contribution in [0.25, 0.3) is 11.5 Å². The number of carbonyl (C=O) groups is 1. The first-order valence-electron chi connectivity index (χ1n) is 11.1. The molecule has 0 saturated carbocycles. The van der Waals surface area contributed by atoms with Crippen molar-refractivity contribution in [2.24, 2.45) is 16.6 Å². The van der Waals surface area contributed by atoms with Gasteiger partial charge in [0.05, 0.1) is 12.5 Å². The molecule has 1 fully saturated rings. The fourth-order valence-corrected chi connectivity index (χ4v) is 3.71. The number of rotatable bonds is 9. The van der Waals surface area contributed by atoms with Crippen LogP contribution in [-0.4, -0.2) is 54.5 Å². The van der Waals surface area contributed by atoms with Crippen molar-refractivity contribution in [3.63, 3.8) is 0 Å². The number of amides is 1. The average Bonchev–Trinajstić information content (AvgIpc) is 3.24. The molecule has 2 heterocycles. The second-order valence-electron chi connectivity index (χ2n) is 8.03. The number of nitrogens with zero attached hydrogens (tertiary/aromatic N) is 3. The average molecular weight is 554 g/mol. The molecule has 2 aromatic rings. The van der Waals surface area contributed by atoms with Crippen LogP contribution in [0.4, 0.5) is 0 Å². The lowest BCUT2D eigenvalue weighted by atomic mass is 9.97. The number of piperidine rings is 1. The van der Waals surface area contributed by atoms with Crippen molar-refractivity contribution in [1.29, 1.82) is 0 Å².